The first kappa shape index (κ1) is 8.30. The second kappa shape index (κ2) is 2.87. The van der Waals surface area contributed by atoms with Gasteiger partial charge in [-0.1, -0.05) is 18.2 Å². The molecule has 0 spiro atoms. The lowest BCUT2D eigenvalue weighted by atomic mass is 10.1. The largest absolute Gasteiger partial charge is 0.332 e. The summed E-state index contributed by atoms with van der Waals surface area (Å²) in [7, 11) is 0. The van der Waals surface area contributed by atoms with E-state index in [0.29, 0.717) is 6.04 Å². The molecule has 0 aliphatic carbocycles. The molecule has 0 N–H and O–H groups in total. The van der Waals surface area contributed by atoms with E-state index in [9.17, 15) is 4.79 Å². The molecule has 0 radical (unpaired) electrons. The van der Waals surface area contributed by atoms with Crippen LogP contribution in [0.15, 0.2) is 24.3 Å². The predicted octanol–water partition coefficient (Wildman–Crippen LogP) is 1.84. The van der Waals surface area contributed by atoms with Gasteiger partial charge in [0.15, 0.2) is 0 Å². The van der Waals surface area contributed by atoms with Gasteiger partial charge < -0.3 is 4.90 Å². The molecule has 0 saturated carbocycles. The topological polar surface area (TPSA) is 20.1 Å². The summed E-state index contributed by atoms with van der Waals surface area (Å²) < 4.78 is 0. The minimum Gasteiger partial charge on any atom is -0.332 e. The first-order chi connectivity index (χ1) is 6.20. The lowest BCUT2D eigenvalue weighted by molar-refractivity contribution is 0.0875. The molecule has 1 aromatic rings. The second-order valence-electron chi connectivity index (χ2n) is 3.62. The summed E-state index contributed by atoms with van der Waals surface area (Å²) in [4.78, 5) is 13.6. The van der Waals surface area contributed by atoms with E-state index in [4.69, 9.17) is 0 Å². The molecule has 68 valence electrons. The highest BCUT2D eigenvalue weighted by molar-refractivity contribution is 5.97. The quantitative estimate of drug-likeness (QED) is 0.596. The van der Waals surface area contributed by atoms with Gasteiger partial charge in [-0.2, -0.15) is 0 Å². The van der Waals surface area contributed by atoms with Gasteiger partial charge in [0.2, 0.25) is 0 Å². The standard InChI is InChI=1S/C11H13NO/c1-8-5-3-4-6-10(8)11(13)12-7-9(12)2/h3-6,9H,7H2,1-2H3/t9-,12?/m0/s1. The molecule has 1 heterocycles. The van der Waals surface area contributed by atoms with Crippen molar-refractivity contribution in [3.63, 3.8) is 0 Å². The van der Waals surface area contributed by atoms with Gasteiger partial charge in [0.25, 0.3) is 5.91 Å². The van der Waals surface area contributed by atoms with Gasteiger partial charge in [-0.05, 0) is 25.5 Å². The molecule has 13 heavy (non-hydrogen) atoms. The van der Waals surface area contributed by atoms with Gasteiger partial charge in [0.05, 0.1) is 0 Å². The summed E-state index contributed by atoms with van der Waals surface area (Å²) in [6, 6.07) is 8.17. The van der Waals surface area contributed by atoms with Gasteiger partial charge in [0.1, 0.15) is 0 Å². The fourth-order valence-electron chi connectivity index (χ4n) is 1.49. The van der Waals surface area contributed by atoms with Crippen molar-refractivity contribution >= 4 is 5.91 Å². The molecule has 1 aliphatic rings. The summed E-state index contributed by atoms with van der Waals surface area (Å²) >= 11 is 0. The summed E-state index contributed by atoms with van der Waals surface area (Å²) in [6.45, 7) is 4.95. The maximum Gasteiger partial charge on any atom is 0.254 e. The Hall–Kier alpha value is -1.31. The van der Waals surface area contributed by atoms with Crippen molar-refractivity contribution in [3.8, 4) is 0 Å². The van der Waals surface area contributed by atoms with Crippen LogP contribution in [0.5, 0.6) is 0 Å². The molecule has 1 aliphatic heterocycles. The molecule has 1 amide bonds. The maximum absolute atomic E-state index is 11.8. The van der Waals surface area contributed by atoms with Crippen LogP contribution in [0.25, 0.3) is 0 Å². The summed E-state index contributed by atoms with van der Waals surface area (Å²) in [5.74, 6) is 0.172. The highest BCUT2D eigenvalue weighted by Crippen LogP contribution is 2.21. The van der Waals surface area contributed by atoms with Crippen LogP contribution in [-0.2, 0) is 0 Å². The molecular weight excluding hydrogens is 162 g/mol. The zero-order valence-corrected chi connectivity index (χ0v) is 7.95. The Labute approximate surface area is 78.2 Å². The molecule has 2 nitrogen and oxygen atoms in total. The molecule has 1 fully saturated rings. The fraction of sp³-hybridized carbons (Fsp3) is 0.364. The first-order valence-corrected chi connectivity index (χ1v) is 4.57. The van der Waals surface area contributed by atoms with Crippen LogP contribution in [0.3, 0.4) is 0 Å². The Kier molecular flexibility index (Phi) is 1.83. The zero-order chi connectivity index (χ0) is 9.42. The monoisotopic (exact) mass is 175 g/mol. The fourth-order valence-corrected chi connectivity index (χ4v) is 1.49. The molecular formula is C11H13NO. The number of hydrogen-bond donors (Lipinski definition) is 0. The summed E-state index contributed by atoms with van der Waals surface area (Å²) in [6.07, 6.45) is 0. The van der Waals surface area contributed by atoms with Crippen LogP contribution < -0.4 is 0 Å². The molecule has 0 aromatic heterocycles. The van der Waals surface area contributed by atoms with Crippen molar-refractivity contribution in [3.05, 3.63) is 35.4 Å². The third kappa shape index (κ3) is 1.44. The Balaban J connectivity index is 2.25. The third-order valence-corrected chi connectivity index (χ3v) is 2.50. The number of carbonyl (C=O) groups is 1. The number of carbonyl (C=O) groups excluding carboxylic acids is 1. The van der Waals surface area contributed by atoms with Gasteiger partial charge in [-0.25, -0.2) is 0 Å². The van der Waals surface area contributed by atoms with Crippen molar-refractivity contribution in [2.75, 3.05) is 6.54 Å². The van der Waals surface area contributed by atoms with Crippen molar-refractivity contribution in [2.24, 2.45) is 0 Å². The van der Waals surface area contributed by atoms with Crippen molar-refractivity contribution in [2.45, 2.75) is 19.9 Å². The smallest absolute Gasteiger partial charge is 0.254 e. The van der Waals surface area contributed by atoms with Crippen LogP contribution in [0, 0.1) is 6.92 Å². The van der Waals surface area contributed by atoms with Gasteiger partial charge in [0, 0.05) is 18.2 Å². The predicted molar refractivity (Wildman–Crippen MR) is 51.7 cm³/mol. The minimum atomic E-state index is 0.172. The van der Waals surface area contributed by atoms with Crippen LogP contribution in [0.4, 0.5) is 0 Å². The summed E-state index contributed by atoms with van der Waals surface area (Å²) in [5.41, 5.74) is 1.90. The Morgan fingerprint density at radius 1 is 1.46 bits per heavy atom. The Morgan fingerprint density at radius 3 is 2.62 bits per heavy atom. The number of aryl methyl sites for hydroxylation is 1. The number of nitrogens with zero attached hydrogens (tertiary/aromatic N) is 1. The van der Waals surface area contributed by atoms with E-state index in [1.165, 1.54) is 0 Å². The van der Waals surface area contributed by atoms with E-state index >= 15 is 0 Å². The molecule has 0 bridgehead atoms. The van der Waals surface area contributed by atoms with Gasteiger partial charge in [-0.15, -0.1) is 0 Å². The van der Waals surface area contributed by atoms with E-state index in [1.807, 2.05) is 36.1 Å². The lowest BCUT2D eigenvalue weighted by Gasteiger charge is -2.05. The van der Waals surface area contributed by atoms with Gasteiger partial charge >= 0.3 is 0 Å². The van der Waals surface area contributed by atoms with Crippen molar-refractivity contribution in [1.29, 1.82) is 0 Å². The SMILES string of the molecule is Cc1ccccc1C(=O)N1C[C@@H]1C. The molecule has 1 atom stereocenters. The second-order valence-corrected chi connectivity index (χ2v) is 3.62. The van der Waals surface area contributed by atoms with E-state index in [1.54, 1.807) is 0 Å². The van der Waals surface area contributed by atoms with E-state index < -0.39 is 0 Å². The van der Waals surface area contributed by atoms with E-state index in [0.717, 1.165) is 17.7 Å². The average Bonchev–Trinajstić information content (AvgIpc) is 2.82. The van der Waals surface area contributed by atoms with Crippen LogP contribution in [0.1, 0.15) is 22.8 Å². The van der Waals surface area contributed by atoms with Crippen LogP contribution in [-0.4, -0.2) is 23.4 Å². The number of benzene rings is 1. The normalized spacial score (nSPS) is 20.2. The van der Waals surface area contributed by atoms with E-state index in [2.05, 4.69) is 6.92 Å². The molecule has 1 aromatic carbocycles. The third-order valence-electron chi connectivity index (χ3n) is 2.50. The minimum absolute atomic E-state index is 0.172. The Bertz CT molecular complexity index is 346. The summed E-state index contributed by atoms with van der Waals surface area (Å²) in [5, 5.41) is 0. The maximum atomic E-state index is 11.8. The molecule has 0 unspecified atom stereocenters. The van der Waals surface area contributed by atoms with Crippen molar-refractivity contribution in [1.82, 2.24) is 4.90 Å². The molecule has 1 saturated heterocycles. The highest BCUT2D eigenvalue weighted by Gasteiger charge is 2.34. The Morgan fingerprint density at radius 2 is 2.08 bits per heavy atom. The highest BCUT2D eigenvalue weighted by atomic mass is 16.2. The van der Waals surface area contributed by atoms with Crippen molar-refractivity contribution < 1.29 is 4.79 Å². The molecule has 2 heteroatoms. The number of rotatable bonds is 1. The number of amides is 1. The lowest BCUT2D eigenvalue weighted by Crippen LogP contribution is -2.13. The van der Waals surface area contributed by atoms with Crippen LogP contribution >= 0.6 is 0 Å². The number of hydrogen-bond acceptors (Lipinski definition) is 1. The first-order valence-electron chi connectivity index (χ1n) is 4.57. The van der Waals surface area contributed by atoms with Crippen LogP contribution in [0.2, 0.25) is 0 Å². The van der Waals surface area contributed by atoms with E-state index in [-0.39, 0.29) is 5.91 Å². The van der Waals surface area contributed by atoms with Gasteiger partial charge in [-0.3, -0.25) is 4.79 Å². The zero-order valence-electron chi connectivity index (χ0n) is 7.95. The molecule has 2 rings (SSSR count). The average molecular weight is 175 g/mol.